The molecule has 1 aliphatic heterocycles. The molecule has 0 saturated carbocycles. The van der Waals surface area contributed by atoms with E-state index in [1.807, 2.05) is 30.3 Å². The van der Waals surface area contributed by atoms with Gasteiger partial charge >= 0.3 is 0 Å². The average molecular weight is 389 g/mol. The van der Waals surface area contributed by atoms with Crippen LogP contribution in [0.3, 0.4) is 0 Å². The molecule has 0 spiro atoms. The summed E-state index contributed by atoms with van der Waals surface area (Å²) in [7, 11) is 0. The van der Waals surface area contributed by atoms with E-state index in [1.54, 1.807) is 22.7 Å². The Balaban J connectivity index is 1.51. The number of benzene rings is 2. The van der Waals surface area contributed by atoms with Gasteiger partial charge in [-0.2, -0.15) is 4.52 Å². The summed E-state index contributed by atoms with van der Waals surface area (Å²) in [5.41, 5.74) is 2.09. The Morgan fingerprint density at radius 3 is 2.55 bits per heavy atom. The third-order valence-electron chi connectivity index (χ3n) is 5.12. The number of halogens is 1. The number of aromatic nitrogens is 4. The van der Waals surface area contributed by atoms with E-state index in [9.17, 15) is 4.39 Å². The Bertz CT molecular complexity index is 1150. The van der Waals surface area contributed by atoms with Gasteiger partial charge in [-0.05, 0) is 36.8 Å². The summed E-state index contributed by atoms with van der Waals surface area (Å²) in [6.07, 6.45) is 0.0165. The number of anilines is 1. The molecule has 2 atom stereocenters. The van der Waals surface area contributed by atoms with Gasteiger partial charge in [0.2, 0.25) is 0 Å². The molecule has 4 aromatic rings. The maximum absolute atomic E-state index is 14.3. The molecule has 2 aromatic heterocycles. The Labute approximate surface area is 167 Å². The van der Waals surface area contributed by atoms with Crippen molar-refractivity contribution in [2.24, 2.45) is 0 Å². The van der Waals surface area contributed by atoms with Crippen LogP contribution in [-0.4, -0.2) is 39.0 Å². The molecule has 0 amide bonds. The lowest BCUT2D eigenvalue weighted by Crippen LogP contribution is -2.43. The van der Waals surface area contributed by atoms with Crippen molar-refractivity contribution in [3.05, 3.63) is 78.1 Å². The van der Waals surface area contributed by atoms with Gasteiger partial charge in [-0.25, -0.2) is 4.39 Å². The molecular weight excluding hydrogens is 369 g/mol. The van der Waals surface area contributed by atoms with Crippen LogP contribution in [-0.2, 0) is 4.74 Å². The normalized spacial score (nSPS) is 19.6. The zero-order valence-electron chi connectivity index (χ0n) is 15.9. The first-order valence-corrected chi connectivity index (χ1v) is 9.62. The van der Waals surface area contributed by atoms with Crippen molar-refractivity contribution in [3.8, 4) is 11.4 Å². The Morgan fingerprint density at radius 2 is 1.72 bits per heavy atom. The van der Waals surface area contributed by atoms with E-state index in [1.165, 1.54) is 6.07 Å². The standard InChI is InChI=1S/C22H20FN5O/c1-15-13-27(14-19(29-15)16-7-3-2-4-8-16)21-12-11-20-24-25-22(28(20)26-21)17-9-5-6-10-18(17)23/h2-12,15,19H,13-14H2,1H3. The topological polar surface area (TPSA) is 55.6 Å². The molecule has 7 heteroatoms. The summed E-state index contributed by atoms with van der Waals surface area (Å²) in [6.45, 7) is 3.47. The lowest BCUT2D eigenvalue weighted by atomic mass is 10.1. The van der Waals surface area contributed by atoms with Crippen molar-refractivity contribution in [2.45, 2.75) is 19.1 Å². The van der Waals surface area contributed by atoms with Crippen molar-refractivity contribution in [3.63, 3.8) is 0 Å². The quantitative estimate of drug-likeness (QED) is 0.532. The minimum absolute atomic E-state index is 0.0376. The van der Waals surface area contributed by atoms with E-state index in [4.69, 9.17) is 9.84 Å². The highest BCUT2D eigenvalue weighted by molar-refractivity contribution is 5.60. The van der Waals surface area contributed by atoms with Crippen LogP contribution in [0.25, 0.3) is 17.0 Å². The largest absolute Gasteiger partial charge is 0.367 e. The lowest BCUT2D eigenvalue weighted by Gasteiger charge is -2.37. The summed E-state index contributed by atoms with van der Waals surface area (Å²) in [6, 6.07) is 20.5. The second-order valence-corrected chi connectivity index (χ2v) is 7.22. The van der Waals surface area contributed by atoms with Crippen LogP contribution >= 0.6 is 0 Å². The predicted octanol–water partition coefficient (Wildman–Crippen LogP) is 3.90. The van der Waals surface area contributed by atoms with Crippen LogP contribution in [0, 0.1) is 5.82 Å². The van der Waals surface area contributed by atoms with Crippen LogP contribution in [0.15, 0.2) is 66.7 Å². The third-order valence-corrected chi connectivity index (χ3v) is 5.12. The SMILES string of the molecule is CC1CN(c2ccc3nnc(-c4ccccc4F)n3n2)CC(c2ccccc2)O1. The zero-order valence-corrected chi connectivity index (χ0v) is 15.9. The van der Waals surface area contributed by atoms with Gasteiger partial charge in [0.15, 0.2) is 11.5 Å². The summed E-state index contributed by atoms with van der Waals surface area (Å²) in [5.74, 6) is 0.824. The number of rotatable bonds is 3. The molecule has 2 aromatic carbocycles. The van der Waals surface area contributed by atoms with Crippen molar-refractivity contribution >= 4 is 11.5 Å². The first-order chi connectivity index (χ1) is 14.2. The van der Waals surface area contributed by atoms with Crippen molar-refractivity contribution in [2.75, 3.05) is 18.0 Å². The first-order valence-electron chi connectivity index (χ1n) is 9.62. The maximum atomic E-state index is 14.3. The number of fused-ring (bicyclic) bond motifs is 1. The fourth-order valence-corrected chi connectivity index (χ4v) is 3.75. The minimum atomic E-state index is -0.349. The van der Waals surface area contributed by atoms with E-state index in [0.717, 1.165) is 17.9 Å². The van der Waals surface area contributed by atoms with Crippen molar-refractivity contribution < 1.29 is 9.13 Å². The highest BCUT2D eigenvalue weighted by atomic mass is 19.1. The molecule has 0 bridgehead atoms. The zero-order chi connectivity index (χ0) is 19.8. The van der Waals surface area contributed by atoms with Gasteiger partial charge in [-0.3, -0.25) is 0 Å². The molecule has 29 heavy (non-hydrogen) atoms. The van der Waals surface area contributed by atoms with E-state index in [-0.39, 0.29) is 18.0 Å². The summed E-state index contributed by atoms with van der Waals surface area (Å²) in [4.78, 5) is 2.19. The van der Waals surface area contributed by atoms with Gasteiger partial charge in [0.1, 0.15) is 17.7 Å². The van der Waals surface area contributed by atoms with E-state index in [2.05, 4.69) is 34.2 Å². The smallest absolute Gasteiger partial charge is 0.188 e. The van der Waals surface area contributed by atoms with Gasteiger partial charge in [0.25, 0.3) is 0 Å². The van der Waals surface area contributed by atoms with Gasteiger partial charge in [0, 0.05) is 13.1 Å². The molecule has 2 unspecified atom stereocenters. The molecular formula is C22H20FN5O. The van der Waals surface area contributed by atoms with E-state index >= 15 is 0 Å². The fourth-order valence-electron chi connectivity index (χ4n) is 3.75. The second kappa shape index (κ2) is 7.25. The van der Waals surface area contributed by atoms with Crippen LogP contribution < -0.4 is 4.90 Å². The number of nitrogens with zero attached hydrogens (tertiary/aromatic N) is 5. The monoisotopic (exact) mass is 389 g/mol. The molecule has 1 fully saturated rings. The molecule has 0 radical (unpaired) electrons. The number of hydrogen-bond acceptors (Lipinski definition) is 5. The van der Waals surface area contributed by atoms with Crippen LogP contribution in [0.2, 0.25) is 0 Å². The molecule has 3 heterocycles. The summed E-state index contributed by atoms with van der Waals surface area (Å²) in [5, 5.41) is 13.0. The second-order valence-electron chi connectivity index (χ2n) is 7.22. The lowest BCUT2D eigenvalue weighted by molar-refractivity contribution is -0.0176. The highest BCUT2D eigenvalue weighted by Gasteiger charge is 2.28. The van der Waals surface area contributed by atoms with Crippen LogP contribution in [0.5, 0.6) is 0 Å². The van der Waals surface area contributed by atoms with Gasteiger partial charge in [-0.1, -0.05) is 42.5 Å². The van der Waals surface area contributed by atoms with E-state index in [0.29, 0.717) is 23.6 Å². The molecule has 1 aliphatic rings. The van der Waals surface area contributed by atoms with Crippen molar-refractivity contribution in [1.29, 1.82) is 0 Å². The predicted molar refractivity (Wildman–Crippen MR) is 108 cm³/mol. The number of morpholine rings is 1. The van der Waals surface area contributed by atoms with Gasteiger partial charge in [-0.15, -0.1) is 15.3 Å². The number of hydrogen-bond donors (Lipinski definition) is 0. The van der Waals surface area contributed by atoms with Gasteiger partial charge in [0.05, 0.1) is 11.7 Å². The van der Waals surface area contributed by atoms with E-state index < -0.39 is 0 Å². The van der Waals surface area contributed by atoms with Crippen LogP contribution in [0.4, 0.5) is 10.2 Å². The third kappa shape index (κ3) is 3.34. The van der Waals surface area contributed by atoms with Crippen molar-refractivity contribution in [1.82, 2.24) is 19.8 Å². The molecule has 0 N–H and O–H groups in total. The minimum Gasteiger partial charge on any atom is -0.367 e. The Morgan fingerprint density at radius 1 is 0.931 bits per heavy atom. The Hall–Kier alpha value is -3.32. The average Bonchev–Trinajstić information content (AvgIpc) is 3.17. The van der Waals surface area contributed by atoms with Gasteiger partial charge < -0.3 is 9.64 Å². The highest BCUT2D eigenvalue weighted by Crippen LogP contribution is 2.28. The fraction of sp³-hybridized carbons (Fsp3) is 0.227. The Kier molecular flexibility index (Phi) is 4.44. The first kappa shape index (κ1) is 17.8. The molecule has 5 rings (SSSR count). The summed E-state index contributed by atoms with van der Waals surface area (Å²) >= 11 is 0. The molecule has 146 valence electrons. The molecule has 0 aliphatic carbocycles. The van der Waals surface area contributed by atoms with Crippen LogP contribution in [0.1, 0.15) is 18.6 Å². The molecule has 1 saturated heterocycles. The summed E-state index contributed by atoms with van der Waals surface area (Å²) < 4.78 is 22.0. The number of ether oxygens (including phenoxy) is 1. The maximum Gasteiger partial charge on any atom is 0.188 e. The molecule has 6 nitrogen and oxygen atoms in total.